The highest BCUT2D eigenvalue weighted by Gasteiger charge is 2.35. The molecular formula is C14H30N2. The molecule has 0 aromatic heterocycles. The van der Waals surface area contributed by atoms with Crippen LogP contribution in [0.15, 0.2) is 0 Å². The number of hydrogen-bond donors (Lipinski definition) is 1. The van der Waals surface area contributed by atoms with Crippen LogP contribution in [-0.4, -0.2) is 36.1 Å². The lowest BCUT2D eigenvalue weighted by Crippen LogP contribution is -2.48. The van der Waals surface area contributed by atoms with Crippen LogP contribution >= 0.6 is 0 Å². The summed E-state index contributed by atoms with van der Waals surface area (Å²) in [5, 5.41) is 3.62. The fourth-order valence-corrected chi connectivity index (χ4v) is 2.46. The van der Waals surface area contributed by atoms with Crippen molar-refractivity contribution in [3.63, 3.8) is 0 Å². The molecule has 0 amide bonds. The molecular weight excluding hydrogens is 196 g/mol. The Hall–Kier alpha value is -0.0800. The summed E-state index contributed by atoms with van der Waals surface area (Å²) in [6, 6.07) is 2.05. The van der Waals surface area contributed by atoms with Gasteiger partial charge in [-0.25, -0.2) is 0 Å². The molecule has 0 heterocycles. The summed E-state index contributed by atoms with van der Waals surface area (Å²) in [5.41, 5.74) is 0. The number of hydrogen-bond acceptors (Lipinski definition) is 2. The normalized spacial score (nSPS) is 18.8. The van der Waals surface area contributed by atoms with Crippen molar-refractivity contribution in [1.29, 1.82) is 0 Å². The predicted octanol–water partition coefficient (Wildman–Crippen LogP) is 2.88. The van der Waals surface area contributed by atoms with Gasteiger partial charge in [0.15, 0.2) is 0 Å². The monoisotopic (exact) mass is 226 g/mol. The van der Waals surface area contributed by atoms with Gasteiger partial charge in [0.2, 0.25) is 0 Å². The third-order valence-electron chi connectivity index (χ3n) is 3.47. The minimum Gasteiger partial charge on any atom is -0.313 e. The van der Waals surface area contributed by atoms with Gasteiger partial charge in [-0.05, 0) is 45.6 Å². The van der Waals surface area contributed by atoms with Gasteiger partial charge in [0.25, 0.3) is 0 Å². The fraction of sp³-hybridized carbons (Fsp3) is 1.00. The second-order valence-electron chi connectivity index (χ2n) is 5.80. The van der Waals surface area contributed by atoms with E-state index >= 15 is 0 Å². The maximum atomic E-state index is 3.62. The number of nitrogens with one attached hydrogen (secondary N) is 1. The second kappa shape index (κ2) is 6.61. The molecule has 0 unspecified atom stereocenters. The molecule has 1 aliphatic rings. The highest BCUT2D eigenvalue weighted by Crippen LogP contribution is 2.36. The van der Waals surface area contributed by atoms with Gasteiger partial charge in [-0.1, -0.05) is 20.8 Å². The lowest BCUT2D eigenvalue weighted by molar-refractivity contribution is 0.131. The first kappa shape index (κ1) is 14.0. The van der Waals surface area contributed by atoms with E-state index in [0.717, 1.165) is 12.0 Å². The molecule has 1 rings (SSSR count). The van der Waals surface area contributed by atoms with Crippen molar-refractivity contribution in [2.45, 2.75) is 72.0 Å². The third-order valence-corrected chi connectivity index (χ3v) is 3.47. The predicted molar refractivity (Wildman–Crippen MR) is 71.8 cm³/mol. The molecule has 1 saturated carbocycles. The maximum absolute atomic E-state index is 3.62. The molecule has 16 heavy (non-hydrogen) atoms. The molecule has 2 nitrogen and oxygen atoms in total. The van der Waals surface area contributed by atoms with Crippen LogP contribution in [-0.2, 0) is 0 Å². The van der Waals surface area contributed by atoms with Crippen LogP contribution in [0.1, 0.15) is 53.9 Å². The summed E-state index contributed by atoms with van der Waals surface area (Å²) in [5.74, 6) is 0.959. The van der Waals surface area contributed by atoms with Gasteiger partial charge in [-0.15, -0.1) is 0 Å². The number of rotatable bonds is 8. The molecule has 0 radical (unpaired) electrons. The van der Waals surface area contributed by atoms with Crippen LogP contribution in [0.4, 0.5) is 0 Å². The summed E-state index contributed by atoms with van der Waals surface area (Å²) in [6.45, 7) is 13.8. The summed E-state index contributed by atoms with van der Waals surface area (Å²) in [4.78, 5) is 2.70. The van der Waals surface area contributed by atoms with E-state index in [1.807, 2.05) is 0 Å². The Bertz CT molecular complexity index is 185. The van der Waals surface area contributed by atoms with Crippen molar-refractivity contribution in [3.05, 3.63) is 0 Å². The molecule has 96 valence electrons. The minimum atomic E-state index is 0.608. The largest absolute Gasteiger partial charge is 0.313 e. The van der Waals surface area contributed by atoms with Crippen LogP contribution in [0.25, 0.3) is 0 Å². The molecule has 2 heteroatoms. The topological polar surface area (TPSA) is 15.3 Å². The Kier molecular flexibility index (Phi) is 5.77. The first-order valence-electron chi connectivity index (χ1n) is 7.05. The zero-order valence-electron chi connectivity index (χ0n) is 11.8. The van der Waals surface area contributed by atoms with E-state index in [9.17, 15) is 0 Å². The molecule has 0 aromatic carbocycles. The molecule has 1 fully saturated rings. The zero-order chi connectivity index (χ0) is 12.1. The van der Waals surface area contributed by atoms with Crippen molar-refractivity contribution in [3.8, 4) is 0 Å². The van der Waals surface area contributed by atoms with E-state index in [-0.39, 0.29) is 0 Å². The highest BCUT2D eigenvalue weighted by molar-refractivity contribution is 4.91. The number of nitrogens with zero attached hydrogens (tertiary/aromatic N) is 1. The maximum Gasteiger partial charge on any atom is 0.0251 e. The third kappa shape index (κ3) is 4.42. The molecule has 0 saturated heterocycles. The Morgan fingerprint density at radius 2 is 1.81 bits per heavy atom. The molecule has 1 atom stereocenters. The van der Waals surface area contributed by atoms with E-state index in [1.165, 1.54) is 32.4 Å². The van der Waals surface area contributed by atoms with Gasteiger partial charge in [0, 0.05) is 24.7 Å². The standard InChI is InChI=1S/C14H30N2/c1-6-9-16(12(4)5)14(13-7-8-13)10-15-11(2)3/h11-15H,6-10H2,1-5H3/t14-/m1/s1. The quantitative estimate of drug-likeness (QED) is 0.684. The lowest BCUT2D eigenvalue weighted by Gasteiger charge is -2.35. The van der Waals surface area contributed by atoms with Crippen molar-refractivity contribution in [1.82, 2.24) is 10.2 Å². The SMILES string of the molecule is CCCN(C(C)C)[C@H](CNC(C)C)C1CC1. The van der Waals surface area contributed by atoms with E-state index in [0.29, 0.717) is 12.1 Å². The molecule has 0 aliphatic heterocycles. The molecule has 0 spiro atoms. The summed E-state index contributed by atoms with van der Waals surface area (Å²) < 4.78 is 0. The average molecular weight is 226 g/mol. The van der Waals surface area contributed by atoms with E-state index < -0.39 is 0 Å². The molecule has 1 N–H and O–H groups in total. The van der Waals surface area contributed by atoms with Crippen molar-refractivity contribution in [2.24, 2.45) is 5.92 Å². The first-order chi connectivity index (χ1) is 7.56. The van der Waals surface area contributed by atoms with Crippen LogP contribution in [0.2, 0.25) is 0 Å². The van der Waals surface area contributed by atoms with Crippen molar-refractivity contribution < 1.29 is 0 Å². The van der Waals surface area contributed by atoms with Crippen LogP contribution in [0, 0.1) is 5.92 Å². The highest BCUT2D eigenvalue weighted by atomic mass is 15.2. The van der Waals surface area contributed by atoms with E-state index in [1.54, 1.807) is 0 Å². The van der Waals surface area contributed by atoms with Crippen LogP contribution in [0.5, 0.6) is 0 Å². The van der Waals surface area contributed by atoms with Gasteiger partial charge in [0.1, 0.15) is 0 Å². The summed E-state index contributed by atoms with van der Waals surface area (Å²) in [6.07, 6.45) is 4.15. The zero-order valence-corrected chi connectivity index (χ0v) is 11.8. The van der Waals surface area contributed by atoms with Gasteiger partial charge < -0.3 is 5.32 Å². The minimum absolute atomic E-state index is 0.608. The van der Waals surface area contributed by atoms with Crippen molar-refractivity contribution >= 4 is 0 Å². The molecule has 1 aliphatic carbocycles. The van der Waals surface area contributed by atoms with Crippen LogP contribution < -0.4 is 5.32 Å². The Morgan fingerprint density at radius 3 is 2.19 bits per heavy atom. The van der Waals surface area contributed by atoms with Gasteiger partial charge in [0.05, 0.1) is 0 Å². The van der Waals surface area contributed by atoms with Gasteiger partial charge in [-0.2, -0.15) is 0 Å². The van der Waals surface area contributed by atoms with Crippen LogP contribution in [0.3, 0.4) is 0 Å². The van der Waals surface area contributed by atoms with Gasteiger partial charge >= 0.3 is 0 Å². The van der Waals surface area contributed by atoms with E-state index in [2.05, 4.69) is 44.8 Å². The van der Waals surface area contributed by atoms with Gasteiger partial charge in [-0.3, -0.25) is 4.90 Å². The Balaban J connectivity index is 2.51. The lowest BCUT2D eigenvalue weighted by atomic mass is 10.1. The second-order valence-corrected chi connectivity index (χ2v) is 5.80. The Morgan fingerprint density at radius 1 is 1.19 bits per heavy atom. The molecule has 0 aromatic rings. The van der Waals surface area contributed by atoms with Crippen molar-refractivity contribution in [2.75, 3.05) is 13.1 Å². The molecule has 0 bridgehead atoms. The smallest absolute Gasteiger partial charge is 0.0251 e. The van der Waals surface area contributed by atoms with E-state index in [4.69, 9.17) is 0 Å². The summed E-state index contributed by atoms with van der Waals surface area (Å²) >= 11 is 0. The Labute approximate surface area is 102 Å². The average Bonchev–Trinajstić information content (AvgIpc) is 2.99. The summed E-state index contributed by atoms with van der Waals surface area (Å²) in [7, 11) is 0. The fourth-order valence-electron chi connectivity index (χ4n) is 2.46. The first-order valence-corrected chi connectivity index (χ1v) is 7.05.